The molecule has 0 aliphatic heterocycles. The lowest BCUT2D eigenvalue weighted by atomic mass is 10.1. The van der Waals surface area contributed by atoms with Gasteiger partial charge in [0, 0.05) is 5.38 Å². The number of thiazole rings is 2. The van der Waals surface area contributed by atoms with Crippen molar-refractivity contribution in [3.63, 3.8) is 0 Å². The summed E-state index contributed by atoms with van der Waals surface area (Å²) in [6.07, 6.45) is 0. The molecule has 2 heterocycles. The Bertz CT molecular complexity index is 867. The van der Waals surface area contributed by atoms with Crippen molar-refractivity contribution in [1.82, 2.24) is 9.97 Å². The number of hydrazone groups is 1. The Morgan fingerprint density at radius 1 is 1.25 bits per heavy atom. The number of hydrogen-bond acceptors (Lipinski definition) is 8. The average Bonchev–Trinajstić information content (AvgIpc) is 3.18. The summed E-state index contributed by atoms with van der Waals surface area (Å²) < 4.78 is 5.16. The normalized spacial score (nSPS) is 11.5. The van der Waals surface area contributed by atoms with Crippen molar-refractivity contribution in [2.45, 2.75) is 13.8 Å². The lowest BCUT2D eigenvalue weighted by Crippen LogP contribution is -1.99. The Labute approximate surface area is 148 Å². The highest BCUT2D eigenvalue weighted by atomic mass is 32.1. The van der Waals surface area contributed by atoms with Crippen LogP contribution in [0.25, 0.3) is 10.6 Å². The Morgan fingerprint density at radius 3 is 2.62 bits per heavy atom. The molecule has 3 aromatic rings. The fourth-order valence-corrected chi connectivity index (χ4v) is 3.62. The number of hydrogen-bond donors (Lipinski definition) is 2. The summed E-state index contributed by atoms with van der Waals surface area (Å²) in [6.45, 7) is 3.87. The third-order valence-electron chi connectivity index (χ3n) is 3.38. The van der Waals surface area contributed by atoms with E-state index in [1.807, 2.05) is 43.5 Å². The van der Waals surface area contributed by atoms with E-state index in [2.05, 4.69) is 20.5 Å². The molecule has 0 radical (unpaired) electrons. The van der Waals surface area contributed by atoms with Gasteiger partial charge in [-0.15, -0.1) is 11.3 Å². The van der Waals surface area contributed by atoms with Gasteiger partial charge in [-0.05, 0) is 43.7 Å². The van der Waals surface area contributed by atoms with Crippen LogP contribution < -0.4 is 15.9 Å². The number of anilines is 2. The van der Waals surface area contributed by atoms with E-state index in [-0.39, 0.29) is 0 Å². The van der Waals surface area contributed by atoms with Gasteiger partial charge in [0.25, 0.3) is 0 Å². The maximum Gasteiger partial charge on any atom is 0.203 e. The van der Waals surface area contributed by atoms with Crippen LogP contribution in [0.15, 0.2) is 34.7 Å². The van der Waals surface area contributed by atoms with Crippen LogP contribution >= 0.6 is 22.7 Å². The third kappa shape index (κ3) is 3.55. The van der Waals surface area contributed by atoms with Gasteiger partial charge in [-0.3, -0.25) is 5.43 Å². The molecule has 0 aliphatic rings. The maximum atomic E-state index is 5.74. The fourth-order valence-electron chi connectivity index (χ4n) is 2.11. The molecule has 0 saturated heterocycles. The van der Waals surface area contributed by atoms with E-state index in [1.54, 1.807) is 7.11 Å². The van der Waals surface area contributed by atoms with Crippen molar-refractivity contribution in [1.29, 1.82) is 0 Å². The molecule has 3 N–H and O–H groups in total. The topological polar surface area (TPSA) is 85.4 Å². The van der Waals surface area contributed by atoms with E-state index >= 15 is 0 Å². The molecule has 6 nitrogen and oxygen atoms in total. The van der Waals surface area contributed by atoms with Crippen molar-refractivity contribution < 1.29 is 4.74 Å². The van der Waals surface area contributed by atoms with E-state index in [4.69, 9.17) is 10.5 Å². The van der Waals surface area contributed by atoms with Crippen LogP contribution in [0.3, 0.4) is 0 Å². The summed E-state index contributed by atoms with van der Waals surface area (Å²) >= 11 is 2.94. The van der Waals surface area contributed by atoms with Gasteiger partial charge in [-0.1, -0.05) is 11.3 Å². The molecule has 0 atom stereocenters. The van der Waals surface area contributed by atoms with Crippen LogP contribution in [-0.2, 0) is 0 Å². The van der Waals surface area contributed by atoms with Crippen molar-refractivity contribution >= 4 is 38.6 Å². The number of nitrogens with one attached hydrogen (secondary N) is 1. The summed E-state index contributed by atoms with van der Waals surface area (Å²) in [4.78, 5) is 9.76. The van der Waals surface area contributed by atoms with Gasteiger partial charge in [-0.2, -0.15) is 5.10 Å². The number of benzene rings is 1. The number of nitrogens with zero attached hydrogens (tertiary/aromatic N) is 3. The van der Waals surface area contributed by atoms with Gasteiger partial charge in [0.1, 0.15) is 5.75 Å². The molecule has 124 valence electrons. The van der Waals surface area contributed by atoms with Crippen LogP contribution in [0, 0.1) is 6.92 Å². The number of aryl methyl sites for hydroxylation is 1. The van der Waals surface area contributed by atoms with Crippen LogP contribution in [0.1, 0.15) is 18.2 Å². The predicted molar refractivity (Wildman–Crippen MR) is 101 cm³/mol. The summed E-state index contributed by atoms with van der Waals surface area (Å²) in [6, 6.07) is 7.76. The molecular weight excluding hydrogens is 342 g/mol. The van der Waals surface area contributed by atoms with E-state index in [1.165, 1.54) is 22.7 Å². The van der Waals surface area contributed by atoms with E-state index < -0.39 is 0 Å². The number of methoxy groups -OCH3 is 1. The highest BCUT2D eigenvalue weighted by Gasteiger charge is 2.11. The smallest absolute Gasteiger partial charge is 0.203 e. The minimum absolute atomic E-state index is 0.554. The Balaban J connectivity index is 1.73. The second kappa shape index (κ2) is 6.98. The fraction of sp³-hybridized carbons (Fsp3) is 0.188. The number of ether oxygens (including phenoxy) is 1. The first-order chi connectivity index (χ1) is 11.6. The molecule has 0 fully saturated rings. The maximum absolute atomic E-state index is 5.74. The minimum Gasteiger partial charge on any atom is -0.497 e. The monoisotopic (exact) mass is 359 g/mol. The first kappa shape index (κ1) is 16.4. The predicted octanol–water partition coefficient (Wildman–Crippen LogP) is 4.00. The van der Waals surface area contributed by atoms with Crippen LogP contribution in [-0.4, -0.2) is 22.8 Å². The van der Waals surface area contributed by atoms with Gasteiger partial charge in [0.15, 0.2) is 5.13 Å². The summed E-state index contributed by atoms with van der Waals surface area (Å²) in [5, 5.41) is 7.64. The van der Waals surface area contributed by atoms with Gasteiger partial charge in [-0.25, -0.2) is 9.97 Å². The van der Waals surface area contributed by atoms with Crippen LogP contribution in [0.5, 0.6) is 5.75 Å². The summed E-state index contributed by atoms with van der Waals surface area (Å²) in [7, 11) is 1.65. The Kier molecular flexibility index (Phi) is 4.77. The van der Waals surface area contributed by atoms with Crippen molar-refractivity contribution in [2.75, 3.05) is 18.3 Å². The summed E-state index contributed by atoms with van der Waals surface area (Å²) in [5.41, 5.74) is 12.4. The van der Waals surface area contributed by atoms with Crippen molar-refractivity contribution in [3.05, 3.63) is 40.9 Å². The van der Waals surface area contributed by atoms with Crippen LogP contribution in [0.2, 0.25) is 0 Å². The molecule has 3 rings (SSSR count). The molecule has 0 saturated carbocycles. The van der Waals surface area contributed by atoms with Gasteiger partial charge in [0.2, 0.25) is 5.13 Å². The largest absolute Gasteiger partial charge is 0.497 e. The van der Waals surface area contributed by atoms with E-state index in [0.29, 0.717) is 5.13 Å². The van der Waals surface area contributed by atoms with E-state index in [9.17, 15) is 0 Å². The highest BCUT2D eigenvalue weighted by Crippen LogP contribution is 2.33. The first-order valence-electron chi connectivity index (χ1n) is 7.20. The molecule has 2 aromatic heterocycles. The third-order valence-corrected chi connectivity index (χ3v) is 5.13. The molecule has 8 heteroatoms. The molecule has 0 aliphatic carbocycles. The zero-order valence-electron chi connectivity index (χ0n) is 13.5. The lowest BCUT2D eigenvalue weighted by Gasteiger charge is -2.03. The Hall–Kier alpha value is -2.45. The second-order valence-corrected chi connectivity index (χ2v) is 6.93. The van der Waals surface area contributed by atoms with E-state index in [0.717, 1.165) is 38.4 Å². The molecule has 0 bridgehead atoms. The molecule has 1 aromatic carbocycles. The second-order valence-electron chi connectivity index (χ2n) is 5.04. The minimum atomic E-state index is 0.554. The number of rotatable bonds is 5. The molecule has 0 unspecified atom stereocenters. The molecule has 0 spiro atoms. The summed E-state index contributed by atoms with van der Waals surface area (Å²) in [5.74, 6) is 0.822. The van der Waals surface area contributed by atoms with Crippen molar-refractivity contribution in [3.8, 4) is 16.3 Å². The standard InChI is InChI=1S/C16H17N5OS2/c1-9(11-4-6-12(22-3)7-5-11)20-21-16-19-13(8-23-16)14-10(2)18-15(17)24-14/h4-8H,1-3H3,(H2,17,18)(H,19,21)/b20-9+. The van der Waals surface area contributed by atoms with Crippen LogP contribution in [0.4, 0.5) is 10.3 Å². The number of nitrogen functional groups attached to an aromatic ring is 1. The number of nitrogens with two attached hydrogens (primary N) is 1. The van der Waals surface area contributed by atoms with Gasteiger partial charge in [0.05, 0.1) is 29.1 Å². The van der Waals surface area contributed by atoms with Crippen molar-refractivity contribution in [2.24, 2.45) is 5.10 Å². The van der Waals surface area contributed by atoms with Gasteiger partial charge >= 0.3 is 0 Å². The molecule has 0 amide bonds. The molecule has 24 heavy (non-hydrogen) atoms. The molecular formula is C16H17N5OS2. The zero-order valence-corrected chi connectivity index (χ0v) is 15.2. The average molecular weight is 359 g/mol. The lowest BCUT2D eigenvalue weighted by molar-refractivity contribution is 0.415. The quantitative estimate of drug-likeness (QED) is 0.531. The highest BCUT2D eigenvalue weighted by molar-refractivity contribution is 7.19. The first-order valence-corrected chi connectivity index (χ1v) is 8.90. The van der Waals surface area contributed by atoms with Gasteiger partial charge < -0.3 is 10.5 Å². The zero-order chi connectivity index (χ0) is 17.1. The SMILES string of the molecule is COc1ccc(/C(C)=N/Nc2nc(-c3sc(N)nc3C)cs2)cc1. The number of aromatic nitrogens is 2. The Morgan fingerprint density at radius 2 is 2.00 bits per heavy atom.